The van der Waals surface area contributed by atoms with E-state index in [4.69, 9.17) is 5.11 Å². The van der Waals surface area contributed by atoms with Gasteiger partial charge in [-0.15, -0.1) is 0 Å². The van der Waals surface area contributed by atoms with Crippen LogP contribution >= 0.6 is 0 Å². The summed E-state index contributed by atoms with van der Waals surface area (Å²) in [7, 11) is 0. The first kappa shape index (κ1) is 10.9. The van der Waals surface area contributed by atoms with E-state index in [9.17, 15) is 9.90 Å². The summed E-state index contributed by atoms with van der Waals surface area (Å²) in [5.41, 5.74) is 0.0957. The Kier molecular flexibility index (Phi) is 2.98. The maximum atomic E-state index is 10.5. The van der Waals surface area contributed by atoms with Gasteiger partial charge in [0.25, 0.3) is 0 Å². The Balaban J connectivity index is 1.90. The highest BCUT2D eigenvalue weighted by Gasteiger charge is 2.48. The van der Waals surface area contributed by atoms with E-state index in [0.717, 1.165) is 19.5 Å². The van der Waals surface area contributed by atoms with Crippen LogP contribution in [0.4, 0.5) is 0 Å². The Hall–Kier alpha value is -0.610. The summed E-state index contributed by atoms with van der Waals surface area (Å²) >= 11 is 0. The van der Waals surface area contributed by atoms with Gasteiger partial charge in [0.1, 0.15) is 0 Å². The first-order valence-electron chi connectivity index (χ1n) is 5.71. The molecule has 1 saturated heterocycles. The summed E-state index contributed by atoms with van der Waals surface area (Å²) in [4.78, 5) is 12.7. The summed E-state index contributed by atoms with van der Waals surface area (Å²) in [5.74, 6) is -0.138. The smallest absolute Gasteiger partial charge is 0.304 e. The fraction of sp³-hybridized carbons (Fsp3) is 0.909. The molecular formula is C11H19NO3. The molecule has 4 heteroatoms. The number of aliphatic hydroxyl groups excluding tert-OH is 1. The quantitative estimate of drug-likeness (QED) is 0.716. The normalized spacial score (nSPS) is 35.7. The van der Waals surface area contributed by atoms with Gasteiger partial charge in [-0.3, -0.25) is 4.79 Å². The predicted octanol–water partition coefficient (Wildman–Crippen LogP) is 0.555. The molecule has 86 valence electrons. The van der Waals surface area contributed by atoms with Crippen LogP contribution in [0.3, 0.4) is 0 Å². The van der Waals surface area contributed by atoms with Gasteiger partial charge < -0.3 is 15.1 Å². The fourth-order valence-corrected chi connectivity index (χ4v) is 3.21. The van der Waals surface area contributed by atoms with Crippen LogP contribution in [0.1, 0.15) is 25.7 Å². The Morgan fingerprint density at radius 2 is 2.33 bits per heavy atom. The molecule has 1 aliphatic carbocycles. The van der Waals surface area contributed by atoms with Gasteiger partial charge in [-0.05, 0) is 18.8 Å². The standard InChI is InChI=1S/C11H19NO3/c13-8-11-4-1-2-9(11)6-12(7-11)5-3-10(14)15/h9,13H,1-8H2,(H,14,15)/t9-,11+/m0/s1. The van der Waals surface area contributed by atoms with Crippen molar-refractivity contribution in [3.63, 3.8) is 0 Å². The fourth-order valence-electron chi connectivity index (χ4n) is 3.21. The second-order valence-electron chi connectivity index (χ2n) is 4.99. The number of hydrogen-bond acceptors (Lipinski definition) is 3. The van der Waals surface area contributed by atoms with Gasteiger partial charge in [0.05, 0.1) is 13.0 Å². The number of rotatable bonds is 4. The lowest BCUT2D eigenvalue weighted by molar-refractivity contribution is -0.137. The van der Waals surface area contributed by atoms with Crippen LogP contribution in [0.15, 0.2) is 0 Å². The van der Waals surface area contributed by atoms with E-state index < -0.39 is 5.97 Å². The first-order chi connectivity index (χ1) is 7.16. The van der Waals surface area contributed by atoms with Crippen molar-refractivity contribution in [3.05, 3.63) is 0 Å². The molecule has 2 aliphatic rings. The lowest BCUT2D eigenvalue weighted by Crippen LogP contribution is -2.31. The molecular weight excluding hydrogens is 194 g/mol. The molecule has 1 heterocycles. The molecule has 0 aromatic heterocycles. The van der Waals surface area contributed by atoms with Gasteiger partial charge in [-0.2, -0.15) is 0 Å². The third kappa shape index (κ3) is 2.01. The molecule has 0 amide bonds. The van der Waals surface area contributed by atoms with E-state index in [-0.39, 0.29) is 18.4 Å². The highest BCUT2D eigenvalue weighted by Crippen LogP contribution is 2.48. The van der Waals surface area contributed by atoms with Gasteiger partial charge in [0.15, 0.2) is 0 Å². The van der Waals surface area contributed by atoms with E-state index in [1.54, 1.807) is 0 Å². The van der Waals surface area contributed by atoms with E-state index >= 15 is 0 Å². The number of aliphatic carboxylic acids is 1. The highest BCUT2D eigenvalue weighted by atomic mass is 16.4. The molecule has 2 rings (SSSR count). The van der Waals surface area contributed by atoms with Crippen LogP contribution in [0.5, 0.6) is 0 Å². The number of hydrogen-bond donors (Lipinski definition) is 2. The van der Waals surface area contributed by atoms with Crippen molar-refractivity contribution in [3.8, 4) is 0 Å². The second kappa shape index (κ2) is 4.10. The first-order valence-corrected chi connectivity index (χ1v) is 5.71. The number of likely N-dealkylation sites (tertiary alicyclic amines) is 1. The zero-order chi connectivity index (χ0) is 10.9. The van der Waals surface area contributed by atoms with Gasteiger partial charge in [0.2, 0.25) is 0 Å². The molecule has 0 aromatic carbocycles. The van der Waals surface area contributed by atoms with Crippen molar-refractivity contribution in [2.24, 2.45) is 11.3 Å². The molecule has 0 unspecified atom stereocenters. The summed E-state index contributed by atoms with van der Waals surface area (Å²) < 4.78 is 0. The Morgan fingerprint density at radius 3 is 2.93 bits per heavy atom. The second-order valence-corrected chi connectivity index (χ2v) is 4.99. The molecule has 2 atom stereocenters. The summed E-state index contributed by atoms with van der Waals surface area (Å²) in [6, 6.07) is 0. The van der Waals surface area contributed by atoms with Crippen LogP contribution in [0.2, 0.25) is 0 Å². The molecule has 0 spiro atoms. The minimum absolute atomic E-state index is 0.0957. The van der Waals surface area contributed by atoms with Crippen molar-refractivity contribution in [2.75, 3.05) is 26.2 Å². The number of carbonyl (C=O) groups is 1. The molecule has 0 aromatic rings. The third-order valence-corrected chi connectivity index (χ3v) is 4.07. The molecule has 2 N–H and O–H groups in total. The number of aliphatic hydroxyl groups is 1. The van der Waals surface area contributed by atoms with Gasteiger partial charge in [-0.1, -0.05) is 6.42 Å². The molecule has 15 heavy (non-hydrogen) atoms. The maximum Gasteiger partial charge on any atom is 0.304 e. The Labute approximate surface area is 89.9 Å². The SMILES string of the molecule is O=C(O)CCN1C[C@@H]2CCC[C@]2(CO)C1. The molecule has 2 fully saturated rings. The van der Waals surface area contributed by atoms with E-state index in [2.05, 4.69) is 4.90 Å². The highest BCUT2D eigenvalue weighted by molar-refractivity contribution is 5.66. The zero-order valence-corrected chi connectivity index (χ0v) is 8.98. The number of nitrogens with zero attached hydrogens (tertiary/aromatic N) is 1. The minimum atomic E-state index is -0.731. The van der Waals surface area contributed by atoms with Crippen molar-refractivity contribution >= 4 is 5.97 Å². The maximum absolute atomic E-state index is 10.5. The Bertz CT molecular complexity index is 256. The van der Waals surface area contributed by atoms with Crippen LogP contribution in [-0.2, 0) is 4.79 Å². The van der Waals surface area contributed by atoms with Gasteiger partial charge in [0, 0.05) is 25.0 Å². The van der Waals surface area contributed by atoms with Crippen molar-refractivity contribution < 1.29 is 15.0 Å². The third-order valence-electron chi connectivity index (χ3n) is 4.07. The minimum Gasteiger partial charge on any atom is -0.481 e. The predicted molar refractivity (Wildman–Crippen MR) is 55.6 cm³/mol. The summed E-state index contributed by atoms with van der Waals surface area (Å²) in [5, 5.41) is 18.1. The number of fused-ring (bicyclic) bond motifs is 1. The van der Waals surface area contributed by atoms with Crippen LogP contribution in [0, 0.1) is 11.3 Å². The van der Waals surface area contributed by atoms with Gasteiger partial charge >= 0.3 is 5.97 Å². The molecule has 0 radical (unpaired) electrons. The molecule has 1 saturated carbocycles. The van der Waals surface area contributed by atoms with E-state index in [1.165, 1.54) is 12.8 Å². The van der Waals surface area contributed by atoms with Crippen molar-refractivity contribution in [1.82, 2.24) is 4.90 Å². The molecule has 0 bridgehead atoms. The van der Waals surface area contributed by atoms with E-state index in [1.807, 2.05) is 0 Å². The molecule has 4 nitrogen and oxygen atoms in total. The Morgan fingerprint density at radius 1 is 1.53 bits per heavy atom. The van der Waals surface area contributed by atoms with Crippen LogP contribution in [-0.4, -0.2) is 47.3 Å². The zero-order valence-electron chi connectivity index (χ0n) is 8.98. The largest absolute Gasteiger partial charge is 0.481 e. The molecule has 1 aliphatic heterocycles. The summed E-state index contributed by atoms with van der Waals surface area (Å²) in [6.07, 6.45) is 3.74. The number of carboxylic acid groups (broad SMARTS) is 1. The lowest BCUT2D eigenvalue weighted by atomic mass is 9.82. The van der Waals surface area contributed by atoms with Crippen molar-refractivity contribution in [1.29, 1.82) is 0 Å². The van der Waals surface area contributed by atoms with Crippen LogP contribution in [0.25, 0.3) is 0 Å². The summed E-state index contributed by atoms with van der Waals surface area (Å²) in [6.45, 7) is 2.77. The number of carboxylic acids is 1. The average Bonchev–Trinajstić information content (AvgIpc) is 2.70. The van der Waals surface area contributed by atoms with Gasteiger partial charge in [-0.25, -0.2) is 0 Å². The van der Waals surface area contributed by atoms with Crippen LogP contribution < -0.4 is 0 Å². The average molecular weight is 213 g/mol. The van der Waals surface area contributed by atoms with E-state index in [0.29, 0.717) is 12.5 Å². The monoisotopic (exact) mass is 213 g/mol. The van der Waals surface area contributed by atoms with Crippen molar-refractivity contribution in [2.45, 2.75) is 25.7 Å². The topological polar surface area (TPSA) is 60.8 Å². The lowest BCUT2D eigenvalue weighted by Gasteiger charge is -2.26.